The first-order valence-electron chi connectivity index (χ1n) is 9.00. The molecule has 0 unspecified atom stereocenters. The van der Waals surface area contributed by atoms with E-state index in [9.17, 15) is 4.79 Å². The Morgan fingerprint density at radius 3 is 2.46 bits per heavy atom. The zero-order valence-corrected chi connectivity index (χ0v) is 16.6. The number of hydrogen-bond acceptors (Lipinski definition) is 4. The van der Waals surface area contributed by atoms with E-state index in [1.807, 2.05) is 49.4 Å². The Kier molecular flexibility index (Phi) is 6.50. The molecule has 1 heterocycles. The summed E-state index contributed by atoms with van der Waals surface area (Å²) in [6.07, 6.45) is 1.64. The molecule has 0 bridgehead atoms. The number of anilines is 2. The number of pyridine rings is 1. The third kappa shape index (κ3) is 4.81. The fourth-order valence-electron chi connectivity index (χ4n) is 2.80. The van der Waals surface area contributed by atoms with Crippen LogP contribution < -0.4 is 10.1 Å². The van der Waals surface area contributed by atoms with E-state index in [-0.39, 0.29) is 5.91 Å². The van der Waals surface area contributed by atoms with Crippen molar-refractivity contribution in [3.05, 3.63) is 83.1 Å². The Bertz CT molecular complexity index is 930. The number of halogens is 1. The van der Waals surface area contributed by atoms with Crippen LogP contribution in [0.15, 0.2) is 66.9 Å². The minimum Gasteiger partial charge on any atom is -0.495 e. The summed E-state index contributed by atoms with van der Waals surface area (Å²) < 4.78 is 5.15. The first kappa shape index (κ1) is 19.7. The molecular weight excluding hydrogens is 374 g/mol. The molecule has 1 N–H and O–H groups in total. The Morgan fingerprint density at radius 2 is 1.86 bits per heavy atom. The van der Waals surface area contributed by atoms with E-state index in [1.165, 1.54) is 0 Å². The molecule has 0 atom stereocenters. The largest absolute Gasteiger partial charge is 0.495 e. The van der Waals surface area contributed by atoms with Gasteiger partial charge in [0.15, 0.2) is 0 Å². The molecule has 0 radical (unpaired) electrons. The first-order chi connectivity index (χ1) is 13.6. The highest BCUT2D eigenvalue weighted by molar-refractivity contribution is 6.32. The van der Waals surface area contributed by atoms with Gasteiger partial charge in [-0.25, -0.2) is 4.98 Å². The fourth-order valence-corrected chi connectivity index (χ4v) is 3.06. The predicted octanol–water partition coefficient (Wildman–Crippen LogP) is 5.15. The molecule has 0 fully saturated rings. The molecule has 0 aliphatic heterocycles. The van der Waals surface area contributed by atoms with Crippen LogP contribution in [0, 0.1) is 0 Å². The van der Waals surface area contributed by atoms with E-state index in [2.05, 4.69) is 10.3 Å². The number of methoxy groups -OCH3 is 1. The van der Waals surface area contributed by atoms with Crippen molar-refractivity contribution in [3.8, 4) is 5.75 Å². The maximum Gasteiger partial charge on any atom is 0.272 e. The molecule has 0 saturated carbocycles. The Labute approximate surface area is 169 Å². The minimum atomic E-state index is -0.0922. The maximum absolute atomic E-state index is 12.8. The summed E-state index contributed by atoms with van der Waals surface area (Å²) in [7, 11) is 1.57. The summed E-state index contributed by atoms with van der Waals surface area (Å²) in [5, 5.41) is 3.74. The van der Waals surface area contributed by atoms with Gasteiger partial charge >= 0.3 is 0 Å². The Balaban J connectivity index is 1.69. The van der Waals surface area contributed by atoms with Crippen molar-refractivity contribution in [1.82, 2.24) is 9.88 Å². The Hall–Kier alpha value is -3.05. The van der Waals surface area contributed by atoms with Gasteiger partial charge in [-0.2, -0.15) is 0 Å². The number of nitrogens with zero attached hydrogens (tertiary/aromatic N) is 2. The second-order valence-electron chi connectivity index (χ2n) is 6.21. The number of amides is 1. The predicted molar refractivity (Wildman–Crippen MR) is 112 cm³/mol. The van der Waals surface area contributed by atoms with Gasteiger partial charge in [-0.3, -0.25) is 4.79 Å². The van der Waals surface area contributed by atoms with Crippen molar-refractivity contribution in [2.75, 3.05) is 19.0 Å². The van der Waals surface area contributed by atoms with Gasteiger partial charge in [0, 0.05) is 18.8 Å². The van der Waals surface area contributed by atoms with Crippen LogP contribution in [-0.2, 0) is 6.54 Å². The monoisotopic (exact) mass is 395 g/mol. The van der Waals surface area contributed by atoms with Gasteiger partial charge in [0.1, 0.15) is 11.4 Å². The standard InChI is InChI=1S/C22H22ClN3O2/c1-3-26(15-16-7-5-4-6-8-16)22(27)20-11-9-18(14-24-20)25-17-10-12-21(28-2)19(23)13-17/h4-14,25H,3,15H2,1-2H3. The number of benzene rings is 2. The van der Waals surface area contributed by atoms with Crippen LogP contribution in [0.4, 0.5) is 11.4 Å². The third-order valence-electron chi connectivity index (χ3n) is 4.31. The summed E-state index contributed by atoms with van der Waals surface area (Å²) in [5.41, 5.74) is 3.08. The zero-order valence-electron chi connectivity index (χ0n) is 15.9. The molecule has 0 aliphatic carbocycles. The van der Waals surface area contributed by atoms with Gasteiger partial charge in [-0.05, 0) is 42.8 Å². The van der Waals surface area contributed by atoms with Crippen molar-refractivity contribution in [3.63, 3.8) is 0 Å². The number of carbonyl (C=O) groups excluding carboxylic acids is 1. The smallest absolute Gasteiger partial charge is 0.272 e. The summed E-state index contributed by atoms with van der Waals surface area (Å²) in [4.78, 5) is 18.9. The van der Waals surface area contributed by atoms with Gasteiger partial charge in [-0.1, -0.05) is 41.9 Å². The second-order valence-corrected chi connectivity index (χ2v) is 6.62. The van der Waals surface area contributed by atoms with Crippen LogP contribution >= 0.6 is 11.6 Å². The first-order valence-corrected chi connectivity index (χ1v) is 9.38. The second kappa shape index (κ2) is 9.24. The highest BCUT2D eigenvalue weighted by Crippen LogP contribution is 2.28. The van der Waals surface area contributed by atoms with Crippen LogP contribution in [-0.4, -0.2) is 29.4 Å². The van der Waals surface area contributed by atoms with Gasteiger partial charge in [-0.15, -0.1) is 0 Å². The number of nitrogens with one attached hydrogen (secondary N) is 1. The average Bonchev–Trinajstić information content (AvgIpc) is 2.73. The van der Waals surface area contributed by atoms with E-state index in [0.717, 1.165) is 16.9 Å². The zero-order chi connectivity index (χ0) is 19.9. The fraction of sp³-hybridized carbons (Fsp3) is 0.182. The highest BCUT2D eigenvalue weighted by Gasteiger charge is 2.16. The maximum atomic E-state index is 12.8. The molecule has 28 heavy (non-hydrogen) atoms. The minimum absolute atomic E-state index is 0.0922. The molecule has 1 amide bonds. The van der Waals surface area contributed by atoms with Crippen molar-refractivity contribution >= 4 is 28.9 Å². The van der Waals surface area contributed by atoms with Crippen molar-refractivity contribution in [1.29, 1.82) is 0 Å². The molecule has 0 aliphatic rings. The van der Waals surface area contributed by atoms with E-state index in [0.29, 0.717) is 29.6 Å². The molecule has 5 nitrogen and oxygen atoms in total. The van der Waals surface area contributed by atoms with Crippen LogP contribution in [0.2, 0.25) is 5.02 Å². The van der Waals surface area contributed by atoms with Crippen LogP contribution in [0.1, 0.15) is 23.0 Å². The van der Waals surface area contributed by atoms with E-state index >= 15 is 0 Å². The van der Waals surface area contributed by atoms with Gasteiger partial charge < -0.3 is 15.0 Å². The molecule has 3 aromatic rings. The van der Waals surface area contributed by atoms with Gasteiger partial charge in [0.2, 0.25) is 0 Å². The van der Waals surface area contributed by atoms with Crippen molar-refractivity contribution in [2.45, 2.75) is 13.5 Å². The number of rotatable bonds is 7. The summed E-state index contributed by atoms with van der Waals surface area (Å²) in [5.74, 6) is 0.523. The van der Waals surface area contributed by atoms with Crippen LogP contribution in [0.5, 0.6) is 5.75 Å². The van der Waals surface area contributed by atoms with Crippen LogP contribution in [0.25, 0.3) is 0 Å². The number of hydrogen-bond donors (Lipinski definition) is 1. The lowest BCUT2D eigenvalue weighted by atomic mass is 10.2. The summed E-state index contributed by atoms with van der Waals surface area (Å²) in [6, 6.07) is 18.9. The lowest BCUT2D eigenvalue weighted by Gasteiger charge is -2.20. The van der Waals surface area contributed by atoms with E-state index in [4.69, 9.17) is 16.3 Å². The number of aromatic nitrogens is 1. The van der Waals surface area contributed by atoms with Gasteiger partial charge in [0.25, 0.3) is 5.91 Å². The quantitative estimate of drug-likeness (QED) is 0.601. The molecule has 0 spiro atoms. The molecule has 6 heteroatoms. The third-order valence-corrected chi connectivity index (χ3v) is 4.60. The van der Waals surface area contributed by atoms with E-state index < -0.39 is 0 Å². The lowest BCUT2D eigenvalue weighted by molar-refractivity contribution is 0.0746. The molecule has 2 aromatic carbocycles. The van der Waals surface area contributed by atoms with Gasteiger partial charge in [0.05, 0.1) is 24.0 Å². The Morgan fingerprint density at radius 1 is 1.11 bits per heavy atom. The molecule has 144 valence electrons. The van der Waals surface area contributed by atoms with Crippen molar-refractivity contribution < 1.29 is 9.53 Å². The summed E-state index contributed by atoms with van der Waals surface area (Å²) in [6.45, 7) is 3.13. The molecular formula is C22H22ClN3O2. The number of ether oxygens (including phenoxy) is 1. The SMILES string of the molecule is CCN(Cc1ccccc1)C(=O)c1ccc(Nc2ccc(OC)c(Cl)c2)cn1. The van der Waals surface area contributed by atoms with E-state index in [1.54, 1.807) is 36.4 Å². The van der Waals surface area contributed by atoms with Crippen LogP contribution in [0.3, 0.4) is 0 Å². The lowest BCUT2D eigenvalue weighted by Crippen LogP contribution is -2.30. The molecule has 1 aromatic heterocycles. The highest BCUT2D eigenvalue weighted by atomic mass is 35.5. The average molecular weight is 396 g/mol. The molecule has 3 rings (SSSR count). The molecule has 0 saturated heterocycles. The number of carbonyl (C=O) groups is 1. The topological polar surface area (TPSA) is 54.5 Å². The normalized spacial score (nSPS) is 10.4. The van der Waals surface area contributed by atoms with Crippen molar-refractivity contribution in [2.24, 2.45) is 0 Å². The summed E-state index contributed by atoms with van der Waals surface area (Å²) >= 11 is 6.15.